The Morgan fingerprint density at radius 1 is 1.20 bits per heavy atom. The number of nitrogens with one attached hydrogen (secondary N) is 2. The fraction of sp³-hybridized carbons (Fsp3) is 0.682. The molecule has 1 aromatic carbocycles. The van der Waals surface area contributed by atoms with E-state index in [4.69, 9.17) is 19.2 Å². The van der Waals surface area contributed by atoms with Crippen LogP contribution < -0.4 is 20.1 Å². The minimum absolute atomic E-state index is 0.167. The van der Waals surface area contributed by atoms with Gasteiger partial charge in [0.05, 0.1) is 39.5 Å². The number of ether oxygens (including phenoxy) is 3. The Kier molecular flexibility index (Phi) is 8.96. The summed E-state index contributed by atoms with van der Waals surface area (Å²) in [4.78, 5) is 7.59. The minimum Gasteiger partial charge on any atom is -0.493 e. The lowest BCUT2D eigenvalue weighted by Crippen LogP contribution is -2.56. The van der Waals surface area contributed by atoms with Crippen LogP contribution in [-0.2, 0) is 11.2 Å². The van der Waals surface area contributed by atoms with Gasteiger partial charge in [-0.1, -0.05) is 6.07 Å². The minimum atomic E-state index is 0.167. The van der Waals surface area contributed by atoms with Crippen molar-refractivity contribution in [2.75, 3.05) is 71.7 Å². The molecular formula is C22H36N4O3S. The third-order valence-corrected chi connectivity index (χ3v) is 7.03. The largest absolute Gasteiger partial charge is 0.493 e. The number of aliphatic imine (C=N–C) groups is 1. The molecule has 0 bridgehead atoms. The second-order valence-electron chi connectivity index (χ2n) is 7.69. The first-order valence-electron chi connectivity index (χ1n) is 10.8. The summed E-state index contributed by atoms with van der Waals surface area (Å²) in [6, 6.07) is 6.07. The van der Waals surface area contributed by atoms with Gasteiger partial charge in [-0.25, -0.2) is 0 Å². The van der Waals surface area contributed by atoms with Gasteiger partial charge in [-0.15, -0.1) is 0 Å². The molecule has 7 nitrogen and oxygen atoms in total. The van der Waals surface area contributed by atoms with Crippen molar-refractivity contribution in [3.63, 3.8) is 0 Å². The number of thioether (sulfide) groups is 1. The third-order valence-electron chi connectivity index (χ3n) is 5.79. The molecule has 2 N–H and O–H groups in total. The molecule has 0 spiro atoms. The first kappa shape index (κ1) is 23.0. The molecule has 3 rings (SSSR count). The molecule has 0 saturated carbocycles. The van der Waals surface area contributed by atoms with Crippen molar-refractivity contribution < 1.29 is 14.2 Å². The lowest BCUT2D eigenvalue weighted by molar-refractivity contribution is -0.0104. The molecular weight excluding hydrogens is 400 g/mol. The van der Waals surface area contributed by atoms with Crippen molar-refractivity contribution in [1.82, 2.24) is 15.5 Å². The fourth-order valence-corrected chi connectivity index (χ4v) is 5.50. The Labute approximate surface area is 184 Å². The van der Waals surface area contributed by atoms with E-state index in [1.165, 1.54) is 17.7 Å². The number of nitrogens with zero attached hydrogens (tertiary/aromatic N) is 2. The van der Waals surface area contributed by atoms with E-state index in [1.54, 1.807) is 14.2 Å². The maximum Gasteiger partial charge on any atom is 0.191 e. The summed E-state index contributed by atoms with van der Waals surface area (Å²) in [7, 11) is 3.33. The van der Waals surface area contributed by atoms with Crippen molar-refractivity contribution in [2.45, 2.75) is 25.3 Å². The summed E-state index contributed by atoms with van der Waals surface area (Å²) in [6.07, 6.45) is 2.08. The van der Waals surface area contributed by atoms with E-state index in [0.717, 1.165) is 75.6 Å². The molecule has 1 atom stereocenters. The van der Waals surface area contributed by atoms with Crippen LogP contribution in [0.5, 0.6) is 11.5 Å². The van der Waals surface area contributed by atoms with Crippen molar-refractivity contribution >= 4 is 17.7 Å². The number of guanidine groups is 1. The maximum absolute atomic E-state index is 5.57. The van der Waals surface area contributed by atoms with Gasteiger partial charge in [0.2, 0.25) is 0 Å². The number of methoxy groups -OCH3 is 2. The Bertz CT molecular complexity index is 689. The molecule has 2 aliphatic rings. The zero-order chi connectivity index (χ0) is 21.2. The molecule has 2 saturated heterocycles. The van der Waals surface area contributed by atoms with Gasteiger partial charge in [-0.2, -0.15) is 11.8 Å². The second kappa shape index (κ2) is 11.7. The van der Waals surface area contributed by atoms with Gasteiger partial charge in [0.1, 0.15) is 0 Å². The molecule has 168 valence electrons. The van der Waals surface area contributed by atoms with Gasteiger partial charge in [0, 0.05) is 31.9 Å². The molecule has 1 unspecified atom stereocenters. The molecule has 1 aromatic rings. The lowest BCUT2D eigenvalue weighted by atomic mass is 9.96. The Hall–Kier alpha value is -1.64. The highest BCUT2D eigenvalue weighted by Gasteiger charge is 2.40. The van der Waals surface area contributed by atoms with E-state index in [0.29, 0.717) is 0 Å². The van der Waals surface area contributed by atoms with Crippen LogP contribution in [0.15, 0.2) is 23.2 Å². The summed E-state index contributed by atoms with van der Waals surface area (Å²) in [5.74, 6) is 4.79. The SMILES string of the molecule is CCNC(=NCC1(N2CCOCC2)CCSC1)NCCc1ccc(OC)c(OC)c1. The molecule has 8 heteroatoms. The number of hydrogen-bond acceptors (Lipinski definition) is 6. The van der Waals surface area contributed by atoms with Crippen LogP contribution in [0, 0.1) is 0 Å². The first-order valence-corrected chi connectivity index (χ1v) is 12.0. The van der Waals surface area contributed by atoms with Gasteiger partial charge >= 0.3 is 0 Å². The predicted molar refractivity (Wildman–Crippen MR) is 124 cm³/mol. The summed E-state index contributed by atoms with van der Waals surface area (Å²) in [5, 5.41) is 6.89. The van der Waals surface area contributed by atoms with Gasteiger partial charge in [0.15, 0.2) is 17.5 Å². The standard InChI is InChI=1S/C22H36N4O3S/c1-4-23-21(24-9-7-18-5-6-19(27-2)20(15-18)28-3)25-16-22(8-14-30-17-22)26-10-12-29-13-11-26/h5-6,15H,4,7-14,16-17H2,1-3H3,(H2,23,24,25). The van der Waals surface area contributed by atoms with Crippen molar-refractivity contribution in [1.29, 1.82) is 0 Å². The van der Waals surface area contributed by atoms with Crippen LogP contribution in [0.1, 0.15) is 18.9 Å². The Morgan fingerprint density at radius 3 is 2.67 bits per heavy atom. The summed E-state index contributed by atoms with van der Waals surface area (Å²) in [6.45, 7) is 8.28. The third kappa shape index (κ3) is 5.95. The zero-order valence-corrected chi connectivity index (χ0v) is 19.4. The summed E-state index contributed by atoms with van der Waals surface area (Å²) >= 11 is 2.05. The van der Waals surface area contributed by atoms with Crippen LogP contribution in [0.3, 0.4) is 0 Å². The lowest BCUT2D eigenvalue weighted by Gasteiger charge is -2.42. The molecule has 2 aliphatic heterocycles. The smallest absolute Gasteiger partial charge is 0.191 e. The summed E-state index contributed by atoms with van der Waals surface area (Å²) in [5.41, 5.74) is 1.37. The average molecular weight is 437 g/mol. The highest BCUT2D eigenvalue weighted by Crippen LogP contribution is 2.34. The Morgan fingerprint density at radius 2 is 2.00 bits per heavy atom. The first-order chi connectivity index (χ1) is 14.7. The quantitative estimate of drug-likeness (QED) is 0.453. The second-order valence-corrected chi connectivity index (χ2v) is 8.79. The van der Waals surface area contributed by atoms with E-state index in [-0.39, 0.29) is 5.54 Å². The van der Waals surface area contributed by atoms with E-state index in [1.807, 2.05) is 23.9 Å². The number of morpholine rings is 1. The van der Waals surface area contributed by atoms with Gasteiger partial charge in [-0.05, 0) is 43.2 Å². The van der Waals surface area contributed by atoms with Gasteiger partial charge in [0.25, 0.3) is 0 Å². The highest BCUT2D eigenvalue weighted by atomic mass is 32.2. The van der Waals surface area contributed by atoms with E-state index >= 15 is 0 Å². The molecule has 0 aromatic heterocycles. The number of hydrogen-bond donors (Lipinski definition) is 2. The molecule has 30 heavy (non-hydrogen) atoms. The highest BCUT2D eigenvalue weighted by molar-refractivity contribution is 7.99. The molecule has 2 fully saturated rings. The average Bonchev–Trinajstić information content (AvgIpc) is 3.28. The van der Waals surface area contributed by atoms with Crippen molar-refractivity contribution in [3.05, 3.63) is 23.8 Å². The van der Waals surface area contributed by atoms with Crippen LogP contribution in [-0.4, -0.2) is 88.1 Å². The van der Waals surface area contributed by atoms with Gasteiger partial charge < -0.3 is 24.8 Å². The fourth-order valence-electron chi connectivity index (χ4n) is 4.04. The number of benzene rings is 1. The van der Waals surface area contributed by atoms with Gasteiger partial charge in [-0.3, -0.25) is 9.89 Å². The van der Waals surface area contributed by atoms with Crippen LogP contribution in [0.2, 0.25) is 0 Å². The predicted octanol–water partition coefficient (Wildman–Crippen LogP) is 2.01. The molecule has 2 heterocycles. The molecule has 0 aliphatic carbocycles. The molecule has 0 radical (unpaired) electrons. The van der Waals surface area contributed by atoms with Crippen LogP contribution in [0.25, 0.3) is 0 Å². The maximum atomic E-state index is 5.57. The van der Waals surface area contributed by atoms with E-state index < -0.39 is 0 Å². The normalized spacial score (nSPS) is 22.7. The van der Waals surface area contributed by atoms with Crippen molar-refractivity contribution in [3.8, 4) is 11.5 Å². The topological polar surface area (TPSA) is 67.4 Å². The summed E-state index contributed by atoms with van der Waals surface area (Å²) < 4.78 is 16.3. The van der Waals surface area contributed by atoms with Crippen LogP contribution >= 0.6 is 11.8 Å². The van der Waals surface area contributed by atoms with Crippen LogP contribution in [0.4, 0.5) is 0 Å². The van der Waals surface area contributed by atoms with E-state index in [9.17, 15) is 0 Å². The monoisotopic (exact) mass is 436 g/mol. The number of rotatable bonds is 9. The zero-order valence-electron chi connectivity index (χ0n) is 18.5. The molecule has 0 amide bonds. The van der Waals surface area contributed by atoms with Crippen molar-refractivity contribution in [2.24, 2.45) is 4.99 Å². The Balaban J connectivity index is 1.58. The van der Waals surface area contributed by atoms with E-state index in [2.05, 4.69) is 28.5 Å².